The molecule has 3 rings (SSSR count). The van der Waals surface area contributed by atoms with Crippen molar-refractivity contribution < 1.29 is 4.79 Å². The highest BCUT2D eigenvalue weighted by Gasteiger charge is 2.39. The summed E-state index contributed by atoms with van der Waals surface area (Å²) in [5.41, 5.74) is 8.46. The van der Waals surface area contributed by atoms with Crippen LogP contribution in [0.2, 0.25) is 0 Å². The number of carbonyl (C=O) groups is 1. The molecule has 108 valence electrons. The van der Waals surface area contributed by atoms with Gasteiger partial charge >= 0.3 is 0 Å². The fourth-order valence-corrected chi connectivity index (χ4v) is 3.21. The smallest absolute Gasteiger partial charge is 0.153 e. The van der Waals surface area contributed by atoms with Gasteiger partial charge in [-0.2, -0.15) is 0 Å². The Labute approximate surface area is 125 Å². The fraction of sp³-hybridized carbons (Fsp3) is 0.278. The summed E-state index contributed by atoms with van der Waals surface area (Å²) in [7, 11) is 2.06. The predicted molar refractivity (Wildman–Crippen MR) is 83.7 cm³/mol. The Bertz CT molecular complexity index is 612. The van der Waals surface area contributed by atoms with Crippen molar-refractivity contribution in [3.63, 3.8) is 0 Å². The molecule has 3 heteroatoms. The van der Waals surface area contributed by atoms with Gasteiger partial charge in [0.25, 0.3) is 0 Å². The van der Waals surface area contributed by atoms with E-state index in [0.717, 1.165) is 5.56 Å². The number of hydrogen-bond acceptors (Lipinski definition) is 3. The number of nitrogens with two attached hydrogens (primary N) is 1. The van der Waals surface area contributed by atoms with Crippen LogP contribution in [0.1, 0.15) is 29.6 Å². The largest absolute Gasteiger partial charge is 0.320 e. The van der Waals surface area contributed by atoms with E-state index in [1.165, 1.54) is 5.56 Å². The number of hydrogen-bond donors (Lipinski definition) is 1. The lowest BCUT2D eigenvalue weighted by Crippen LogP contribution is -2.51. The van der Waals surface area contributed by atoms with E-state index >= 15 is 0 Å². The van der Waals surface area contributed by atoms with Gasteiger partial charge in [-0.05, 0) is 18.2 Å². The van der Waals surface area contributed by atoms with Gasteiger partial charge in [0.2, 0.25) is 0 Å². The van der Waals surface area contributed by atoms with Crippen molar-refractivity contribution in [2.45, 2.75) is 24.5 Å². The zero-order valence-electron chi connectivity index (χ0n) is 12.1. The first-order valence-electron chi connectivity index (χ1n) is 7.28. The third-order valence-electron chi connectivity index (χ3n) is 4.36. The minimum atomic E-state index is -0.461. The lowest BCUT2D eigenvalue weighted by molar-refractivity contribution is -0.127. The van der Waals surface area contributed by atoms with E-state index in [1.54, 1.807) is 0 Å². The number of benzene rings is 2. The molecule has 0 saturated carbocycles. The molecule has 0 spiro atoms. The molecule has 0 bridgehead atoms. The van der Waals surface area contributed by atoms with E-state index < -0.39 is 6.04 Å². The van der Waals surface area contributed by atoms with Gasteiger partial charge in [-0.3, -0.25) is 9.69 Å². The van der Waals surface area contributed by atoms with Gasteiger partial charge in [0, 0.05) is 12.5 Å². The minimum absolute atomic E-state index is 0.0716. The molecule has 2 aromatic rings. The van der Waals surface area contributed by atoms with Crippen LogP contribution < -0.4 is 5.73 Å². The number of nitrogens with zero attached hydrogens (tertiary/aromatic N) is 1. The van der Waals surface area contributed by atoms with Crippen LogP contribution >= 0.6 is 0 Å². The summed E-state index contributed by atoms with van der Waals surface area (Å²) in [6, 6.07) is 19.8. The first-order chi connectivity index (χ1) is 10.2. The molecular formula is C18H20N2O. The molecule has 1 fully saturated rings. The monoisotopic (exact) mass is 280 g/mol. The molecule has 3 nitrogen and oxygen atoms in total. The van der Waals surface area contributed by atoms with Crippen molar-refractivity contribution in [1.29, 1.82) is 0 Å². The van der Waals surface area contributed by atoms with Crippen LogP contribution in [0.25, 0.3) is 0 Å². The number of likely N-dealkylation sites (tertiary alicyclic amines) is 1. The summed E-state index contributed by atoms with van der Waals surface area (Å²) in [5, 5.41) is 0. The van der Waals surface area contributed by atoms with Crippen LogP contribution in [0, 0.1) is 0 Å². The minimum Gasteiger partial charge on any atom is -0.320 e. The van der Waals surface area contributed by atoms with Crippen LogP contribution in [0.5, 0.6) is 0 Å². The maximum atomic E-state index is 12.4. The van der Waals surface area contributed by atoms with E-state index in [0.29, 0.717) is 6.42 Å². The first kappa shape index (κ1) is 14.0. The Kier molecular flexibility index (Phi) is 3.86. The van der Waals surface area contributed by atoms with Gasteiger partial charge in [0.05, 0.1) is 12.1 Å². The maximum absolute atomic E-state index is 12.4. The predicted octanol–water partition coefficient (Wildman–Crippen LogP) is 2.70. The molecule has 21 heavy (non-hydrogen) atoms. The highest BCUT2D eigenvalue weighted by atomic mass is 16.1. The molecule has 2 aromatic carbocycles. The molecule has 0 amide bonds. The van der Waals surface area contributed by atoms with Crippen molar-refractivity contribution in [2.75, 3.05) is 7.05 Å². The van der Waals surface area contributed by atoms with Crippen molar-refractivity contribution in [3.05, 3.63) is 71.8 Å². The lowest BCUT2D eigenvalue weighted by Gasteiger charge is -2.42. The van der Waals surface area contributed by atoms with Crippen LogP contribution in [-0.4, -0.2) is 23.8 Å². The average molecular weight is 280 g/mol. The van der Waals surface area contributed by atoms with Crippen molar-refractivity contribution in [1.82, 2.24) is 4.90 Å². The molecule has 0 radical (unpaired) electrons. The Hall–Kier alpha value is -1.97. The van der Waals surface area contributed by atoms with E-state index in [-0.39, 0.29) is 17.9 Å². The average Bonchev–Trinajstić information content (AvgIpc) is 2.53. The number of piperidine rings is 1. The Morgan fingerprint density at radius 2 is 1.48 bits per heavy atom. The highest BCUT2D eigenvalue weighted by Crippen LogP contribution is 2.38. The third-order valence-corrected chi connectivity index (χ3v) is 4.36. The second-order valence-corrected chi connectivity index (χ2v) is 5.64. The summed E-state index contributed by atoms with van der Waals surface area (Å²) in [4.78, 5) is 14.6. The third kappa shape index (κ3) is 2.62. The molecule has 1 heterocycles. The lowest BCUT2D eigenvalue weighted by atomic mass is 9.84. The SMILES string of the molecule is CN1[C@H](c2ccccc2)CC(=O)[C@H](N)[C@@H]1c1ccccc1. The second-order valence-electron chi connectivity index (χ2n) is 5.64. The molecule has 1 aliphatic heterocycles. The molecule has 3 atom stereocenters. The van der Waals surface area contributed by atoms with Gasteiger partial charge in [0.1, 0.15) is 0 Å². The second kappa shape index (κ2) is 5.80. The van der Waals surface area contributed by atoms with Gasteiger partial charge in [-0.15, -0.1) is 0 Å². The highest BCUT2D eigenvalue weighted by molar-refractivity contribution is 5.86. The van der Waals surface area contributed by atoms with E-state index in [9.17, 15) is 4.79 Å². The zero-order chi connectivity index (χ0) is 14.8. The van der Waals surface area contributed by atoms with Crippen molar-refractivity contribution >= 4 is 5.78 Å². The summed E-state index contributed by atoms with van der Waals surface area (Å²) in [6.45, 7) is 0. The maximum Gasteiger partial charge on any atom is 0.153 e. The molecule has 0 unspecified atom stereocenters. The Morgan fingerprint density at radius 1 is 0.952 bits per heavy atom. The van der Waals surface area contributed by atoms with Gasteiger partial charge in [-0.25, -0.2) is 0 Å². The van der Waals surface area contributed by atoms with Crippen LogP contribution in [0.4, 0.5) is 0 Å². The molecular weight excluding hydrogens is 260 g/mol. The molecule has 2 N–H and O–H groups in total. The molecule has 1 aliphatic rings. The van der Waals surface area contributed by atoms with Gasteiger partial charge < -0.3 is 5.73 Å². The number of ketones is 1. The van der Waals surface area contributed by atoms with Gasteiger partial charge in [0.15, 0.2) is 5.78 Å². The molecule has 1 saturated heterocycles. The number of Topliss-reactive ketones (excluding diaryl/α,β-unsaturated/α-hetero) is 1. The summed E-state index contributed by atoms with van der Waals surface area (Å²) >= 11 is 0. The van der Waals surface area contributed by atoms with E-state index in [1.807, 2.05) is 48.5 Å². The van der Waals surface area contributed by atoms with E-state index in [4.69, 9.17) is 5.73 Å². The van der Waals surface area contributed by atoms with Crippen LogP contribution in [0.15, 0.2) is 60.7 Å². The number of likely N-dealkylation sites (N-methyl/N-ethyl adjacent to an activating group) is 1. The van der Waals surface area contributed by atoms with Crippen molar-refractivity contribution in [3.8, 4) is 0 Å². The topological polar surface area (TPSA) is 46.3 Å². The summed E-state index contributed by atoms with van der Waals surface area (Å²) < 4.78 is 0. The fourth-order valence-electron chi connectivity index (χ4n) is 3.21. The number of rotatable bonds is 2. The summed E-state index contributed by atoms with van der Waals surface area (Å²) in [6.07, 6.45) is 0.477. The number of carbonyl (C=O) groups excluding carboxylic acids is 1. The van der Waals surface area contributed by atoms with Crippen LogP contribution in [-0.2, 0) is 4.79 Å². The zero-order valence-corrected chi connectivity index (χ0v) is 12.1. The quantitative estimate of drug-likeness (QED) is 0.920. The molecule has 0 aliphatic carbocycles. The Balaban J connectivity index is 1.98. The van der Waals surface area contributed by atoms with E-state index in [2.05, 4.69) is 24.1 Å². The van der Waals surface area contributed by atoms with Crippen LogP contribution in [0.3, 0.4) is 0 Å². The summed E-state index contributed by atoms with van der Waals surface area (Å²) in [5.74, 6) is 0.135. The molecule has 0 aromatic heterocycles. The Morgan fingerprint density at radius 3 is 2.05 bits per heavy atom. The standard InChI is InChI=1S/C18H20N2O/c1-20-15(13-8-4-2-5-9-13)12-16(21)17(19)18(20)14-10-6-3-7-11-14/h2-11,15,17-18H,12,19H2,1H3/t15-,17-,18-/m0/s1. The first-order valence-corrected chi connectivity index (χ1v) is 7.28. The van der Waals surface area contributed by atoms with Crippen molar-refractivity contribution in [2.24, 2.45) is 5.73 Å². The normalized spacial score (nSPS) is 26.8. The van der Waals surface area contributed by atoms with Gasteiger partial charge in [-0.1, -0.05) is 60.7 Å².